The highest BCUT2D eigenvalue weighted by molar-refractivity contribution is 5.94. The Morgan fingerprint density at radius 1 is 1.31 bits per heavy atom. The van der Waals surface area contributed by atoms with Crippen molar-refractivity contribution in [2.75, 3.05) is 6.61 Å². The van der Waals surface area contributed by atoms with Gasteiger partial charge in [0, 0.05) is 30.6 Å². The molecule has 0 N–H and O–H groups in total. The molecule has 2 bridgehead atoms. The molecule has 0 spiro atoms. The van der Waals surface area contributed by atoms with E-state index in [2.05, 4.69) is 26.8 Å². The molecule has 160 valence electrons. The topological polar surface area (TPSA) is 61.8 Å². The van der Waals surface area contributed by atoms with E-state index in [4.69, 9.17) is 14.2 Å². The Hall–Kier alpha value is -1.46. The Morgan fingerprint density at radius 2 is 2.07 bits per heavy atom. The average Bonchev–Trinajstić information content (AvgIpc) is 2.99. The molecule has 3 heterocycles. The third-order valence-electron chi connectivity index (χ3n) is 7.53. The van der Waals surface area contributed by atoms with Crippen LogP contribution in [0.1, 0.15) is 60.3 Å². The van der Waals surface area contributed by atoms with Crippen LogP contribution in [0.25, 0.3) is 0 Å². The molecular weight excluding hydrogens is 368 g/mol. The smallest absolute Gasteiger partial charge is 0.306 e. The zero-order valence-electron chi connectivity index (χ0n) is 18.3. The van der Waals surface area contributed by atoms with Crippen LogP contribution in [-0.4, -0.2) is 42.3 Å². The predicted octanol–water partition coefficient (Wildman–Crippen LogP) is 4.01. The third-order valence-corrected chi connectivity index (χ3v) is 7.53. The minimum Gasteiger partial charge on any atom is -0.459 e. The van der Waals surface area contributed by atoms with Gasteiger partial charge in [-0.1, -0.05) is 31.1 Å². The molecule has 0 saturated carbocycles. The maximum Gasteiger partial charge on any atom is 0.306 e. The normalized spacial score (nSPS) is 44.0. The number of ether oxygens (including phenoxy) is 3. The standard InChI is InChI=1S/C24H34O5/c1-6-7-19(26)29-18-9-8-13(2)10-17-21-14(3)11-16(25)20-15(4)12-27-24(18,5)23(28-17)22(20)21/h8,11,15,17-18,20-23H,6-7,9-10,12H2,1-5H3. The fourth-order valence-electron chi connectivity index (χ4n) is 6.07. The van der Waals surface area contributed by atoms with E-state index in [1.807, 2.05) is 19.9 Å². The van der Waals surface area contributed by atoms with Crippen molar-refractivity contribution < 1.29 is 23.8 Å². The number of carbonyl (C=O) groups is 2. The van der Waals surface area contributed by atoms with Crippen molar-refractivity contribution in [1.29, 1.82) is 0 Å². The van der Waals surface area contributed by atoms with Gasteiger partial charge >= 0.3 is 5.97 Å². The van der Waals surface area contributed by atoms with E-state index in [0.29, 0.717) is 19.4 Å². The van der Waals surface area contributed by atoms with Gasteiger partial charge in [0.05, 0.1) is 18.8 Å². The molecule has 4 aliphatic rings. The molecular formula is C24H34O5. The zero-order chi connectivity index (χ0) is 20.9. The van der Waals surface area contributed by atoms with Gasteiger partial charge in [-0.3, -0.25) is 9.59 Å². The van der Waals surface area contributed by atoms with E-state index in [-0.39, 0.29) is 47.6 Å². The summed E-state index contributed by atoms with van der Waals surface area (Å²) in [5.74, 6) is 0.285. The van der Waals surface area contributed by atoms with E-state index in [1.54, 1.807) is 0 Å². The van der Waals surface area contributed by atoms with Gasteiger partial charge < -0.3 is 14.2 Å². The number of rotatable bonds is 3. The molecule has 0 amide bonds. The first-order valence-electron chi connectivity index (χ1n) is 11.1. The fraction of sp³-hybridized carbons (Fsp3) is 0.750. The molecule has 0 aromatic rings. The van der Waals surface area contributed by atoms with Gasteiger partial charge in [0.2, 0.25) is 0 Å². The van der Waals surface area contributed by atoms with Crippen LogP contribution in [0.15, 0.2) is 23.3 Å². The molecule has 4 rings (SSSR count). The van der Waals surface area contributed by atoms with Gasteiger partial charge in [-0.2, -0.15) is 0 Å². The lowest BCUT2D eigenvalue weighted by atomic mass is 9.62. The van der Waals surface area contributed by atoms with Gasteiger partial charge in [0.25, 0.3) is 0 Å². The fourth-order valence-corrected chi connectivity index (χ4v) is 6.07. The van der Waals surface area contributed by atoms with Crippen LogP contribution in [0.2, 0.25) is 0 Å². The summed E-state index contributed by atoms with van der Waals surface area (Å²) in [5.41, 5.74) is 1.58. The van der Waals surface area contributed by atoms with Gasteiger partial charge in [-0.05, 0) is 45.6 Å². The Balaban J connectivity index is 1.81. The van der Waals surface area contributed by atoms with Crippen LogP contribution < -0.4 is 0 Å². The summed E-state index contributed by atoms with van der Waals surface area (Å²) < 4.78 is 19.2. The van der Waals surface area contributed by atoms with Crippen LogP contribution in [0.5, 0.6) is 0 Å². The maximum absolute atomic E-state index is 13.0. The van der Waals surface area contributed by atoms with Crippen molar-refractivity contribution in [3.8, 4) is 0 Å². The molecule has 5 nitrogen and oxygen atoms in total. The quantitative estimate of drug-likeness (QED) is 0.527. The first-order valence-corrected chi connectivity index (χ1v) is 11.1. The summed E-state index contributed by atoms with van der Waals surface area (Å²) in [5, 5.41) is 0. The number of hydrogen-bond acceptors (Lipinski definition) is 5. The summed E-state index contributed by atoms with van der Waals surface area (Å²) in [6.07, 6.45) is 5.96. The van der Waals surface area contributed by atoms with Crippen molar-refractivity contribution in [3.05, 3.63) is 23.3 Å². The molecule has 0 aromatic heterocycles. The first-order chi connectivity index (χ1) is 13.8. The van der Waals surface area contributed by atoms with Crippen LogP contribution in [0.4, 0.5) is 0 Å². The lowest BCUT2D eigenvalue weighted by Crippen LogP contribution is -2.56. The van der Waals surface area contributed by atoms with Gasteiger partial charge in [-0.25, -0.2) is 0 Å². The highest BCUT2D eigenvalue weighted by atomic mass is 16.6. The number of carbonyl (C=O) groups excluding carboxylic acids is 2. The Kier molecular flexibility index (Phi) is 5.49. The predicted molar refractivity (Wildman–Crippen MR) is 109 cm³/mol. The van der Waals surface area contributed by atoms with E-state index in [0.717, 1.165) is 18.4 Å². The number of hydrogen-bond donors (Lipinski definition) is 0. The number of allylic oxidation sites excluding steroid dienone is 1. The van der Waals surface area contributed by atoms with E-state index in [1.165, 1.54) is 5.57 Å². The molecule has 0 aromatic carbocycles. The van der Waals surface area contributed by atoms with Crippen molar-refractivity contribution in [3.63, 3.8) is 0 Å². The molecule has 1 aliphatic carbocycles. The number of esters is 1. The number of fused-ring (bicyclic) bond motifs is 2. The summed E-state index contributed by atoms with van der Waals surface area (Å²) in [6.45, 7) is 10.8. The van der Waals surface area contributed by atoms with Crippen molar-refractivity contribution in [2.24, 2.45) is 23.7 Å². The second-order valence-corrected chi connectivity index (χ2v) is 9.71. The van der Waals surface area contributed by atoms with Crippen LogP contribution in [-0.2, 0) is 23.8 Å². The highest BCUT2D eigenvalue weighted by Gasteiger charge is 2.63. The lowest BCUT2D eigenvalue weighted by molar-refractivity contribution is -0.202. The lowest BCUT2D eigenvalue weighted by Gasteiger charge is -2.42. The molecule has 3 aliphatic heterocycles. The van der Waals surface area contributed by atoms with Gasteiger partial charge in [0.1, 0.15) is 11.7 Å². The van der Waals surface area contributed by atoms with E-state index >= 15 is 0 Å². The van der Waals surface area contributed by atoms with E-state index < -0.39 is 11.7 Å². The zero-order valence-corrected chi connectivity index (χ0v) is 18.3. The van der Waals surface area contributed by atoms with E-state index in [9.17, 15) is 9.59 Å². The first kappa shape index (κ1) is 20.8. The summed E-state index contributed by atoms with van der Waals surface area (Å²) in [6, 6.07) is 0. The average molecular weight is 403 g/mol. The third kappa shape index (κ3) is 3.40. The maximum atomic E-state index is 13.0. The van der Waals surface area contributed by atoms with Gasteiger partial charge in [0.15, 0.2) is 5.78 Å². The summed E-state index contributed by atoms with van der Waals surface area (Å²) in [7, 11) is 0. The SMILES string of the molecule is CCCC(=O)OC1CC=C(C)CC2OC3C4C(C(=O)C=C(C)C24)C(C)COC13C. The molecule has 0 radical (unpaired) electrons. The minimum absolute atomic E-state index is 0.0337. The van der Waals surface area contributed by atoms with Crippen LogP contribution in [0.3, 0.4) is 0 Å². The molecule has 29 heavy (non-hydrogen) atoms. The largest absolute Gasteiger partial charge is 0.459 e. The second-order valence-electron chi connectivity index (χ2n) is 9.71. The second kappa shape index (κ2) is 7.66. The van der Waals surface area contributed by atoms with Crippen molar-refractivity contribution >= 4 is 11.8 Å². The van der Waals surface area contributed by atoms with Gasteiger partial charge in [-0.15, -0.1) is 0 Å². The molecule has 2 saturated heterocycles. The molecule has 8 atom stereocenters. The summed E-state index contributed by atoms with van der Waals surface area (Å²) >= 11 is 0. The Morgan fingerprint density at radius 3 is 2.79 bits per heavy atom. The molecule has 8 unspecified atom stereocenters. The van der Waals surface area contributed by atoms with Crippen molar-refractivity contribution in [2.45, 2.75) is 84.2 Å². The van der Waals surface area contributed by atoms with Crippen LogP contribution >= 0.6 is 0 Å². The molecule has 2 fully saturated rings. The van der Waals surface area contributed by atoms with Crippen LogP contribution in [0, 0.1) is 23.7 Å². The minimum atomic E-state index is -0.775. The Bertz CT molecular complexity index is 752. The van der Waals surface area contributed by atoms with Crippen molar-refractivity contribution in [1.82, 2.24) is 0 Å². The number of ketones is 1. The summed E-state index contributed by atoms with van der Waals surface area (Å²) in [4.78, 5) is 25.5. The Labute approximate surface area is 173 Å². The molecule has 5 heteroatoms. The monoisotopic (exact) mass is 402 g/mol. The highest BCUT2D eigenvalue weighted by Crippen LogP contribution is 2.55.